The average molecular weight is 269 g/mol. The van der Waals surface area contributed by atoms with Gasteiger partial charge in [-0.3, -0.25) is 4.68 Å². The number of ether oxygens (including phenoxy) is 2. The van der Waals surface area contributed by atoms with Gasteiger partial charge in [-0.25, -0.2) is 0 Å². The van der Waals surface area contributed by atoms with E-state index in [0.29, 0.717) is 19.8 Å². The Kier molecular flexibility index (Phi) is 8.45. The maximum absolute atomic E-state index is 5.63. The van der Waals surface area contributed by atoms with Crippen LogP contribution in [0.1, 0.15) is 38.3 Å². The minimum atomic E-state index is 0.211. The molecule has 1 N–H and O–H groups in total. The van der Waals surface area contributed by atoms with Crippen LogP contribution in [0.3, 0.4) is 0 Å². The van der Waals surface area contributed by atoms with Gasteiger partial charge in [-0.1, -0.05) is 13.8 Å². The first-order chi connectivity index (χ1) is 9.31. The fourth-order valence-electron chi connectivity index (χ4n) is 1.85. The zero-order valence-corrected chi connectivity index (χ0v) is 12.4. The van der Waals surface area contributed by atoms with Gasteiger partial charge < -0.3 is 14.8 Å². The second-order valence-corrected chi connectivity index (χ2v) is 4.61. The Hall–Kier alpha value is -0.910. The summed E-state index contributed by atoms with van der Waals surface area (Å²) >= 11 is 0. The third-order valence-corrected chi connectivity index (χ3v) is 2.87. The number of aromatic nitrogens is 2. The zero-order valence-electron chi connectivity index (χ0n) is 12.4. The van der Waals surface area contributed by atoms with Gasteiger partial charge in [0, 0.05) is 25.4 Å². The second-order valence-electron chi connectivity index (χ2n) is 4.61. The molecule has 5 nitrogen and oxygen atoms in total. The third kappa shape index (κ3) is 6.18. The quantitative estimate of drug-likeness (QED) is 0.624. The predicted molar refractivity (Wildman–Crippen MR) is 76.2 cm³/mol. The molecule has 0 aliphatic carbocycles. The monoisotopic (exact) mass is 269 g/mol. The van der Waals surface area contributed by atoms with Crippen LogP contribution in [0.5, 0.6) is 0 Å². The Labute approximate surface area is 116 Å². The van der Waals surface area contributed by atoms with E-state index in [0.717, 1.165) is 25.9 Å². The molecule has 0 radical (unpaired) electrons. The molecule has 19 heavy (non-hydrogen) atoms. The molecule has 0 spiro atoms. The van der Waals surface area contributed by atoms with Crippen LogP contribution in [0.25, 0.3) is 0 Å². The number of hydrogen-bond donors (Lipinski definition) is 1. The molecule has 0 bridgehead atoms. The molecule has 1 unspecified atom stereocenters. The molecule has 1 rings (SSSR count). The van der Waals surface area contributed by atoms with E-state index in [1.165, 1.54) is 5.56 Å². The number of nitrogens with zero attached hydrogens (tertiary/aromatic N) is 2. The van der Waals surface area contributed by atoms with E-state index in [4.69, 9.17) is 9.47 Å². The molecule has 0 fully saturated rings. The van der Waals surface area contributed by atoms with E-state index >= 15 is 0 Å². The van der Waals surface area contributed by atoms with E-state index in [1.54, 1.807) is 7.11 Å². The van der Waals surface area contributed by atoms with E-state index < -0.39 is 0 Å². The molecular weight excluding hydrogens is 242 g/mol. The molecule has 0 saturated heterocycles. The van der Waals surface area contributed by atoms with Gasteiger partial charge in [0.25, 0.3) is 0 Å². The molecule has 5 heteroatoms. The van der Waals surface area contributed by atoms with Crippen molar-refractivity contribution in [1.29, 1.82) is 0 Å². The van der Waals surface area contributed by atoms with Gasteiger partial charge in [-0.15, -0.1) is 0 Å². The van der Waals surface area contributed by atoms with E-state index in [1.807, 2.05) is 10.9 Å². The largest absolute Gasteiger partial charge is 0.382 e. The molecule has 1 heterocycles. The molecule has 0 aliphatic rings. The number of aryl methyl sites for hydroxylation is 1. The van der Waals surface area contributed by atoms with Crippen molar-refractivity contribution in [3.63, 3.8) is 0 Å². The summed E-state index contributed by atoms with van der Waals surface area (Å²) in [5.74, 6) is 0. The summed E-state index contributed by atoms with van der Waals surface area (Å²) in [6.07, 6.45) is 6.25. The number of nitrogens with one attached hydrogen (secondary N) is 1. The Morgan fingerprint density at radius 2 is 2.16 bits per heavy atom. The van der Waals surface area contributed by atoms with Crippen molar-refractivity contribution in [3.05, 3.63) is 18.0 Å². The first kappa shape index (κ1) is 16.1. The molecule has 0 amide bonds. The summed E-state index contributed by atoms with van der Waals surface area (Å²) in [5, 5.41) is 7.87. The molecule has 110 valence electrons. The van der Waals surface area contributed by atoms with Gasteiger partial charge in [0.1, 0.15) is 0 Å². The Balaban J connectivity index is 2.50. The van der Waals surface area contributed by atoms with Crippen LogP contribution in [-0.2, 0) is 16.0 Å². The summed E-state index contributed by atoms with van der Waals surface area (Å²) in [4.78, 5) is 0. The van der Waals surface area contributed by atoms with Crippen LogP contribution in [0.2, 0.25) is 0 Å². The fourth-order valence-corrected chi connectivity index (χ4v) is 1.85. The smallest absolute Gasteiger partial charge is 0.0701 e. The third-order valence-electron chi connectivity index (χ3n) is 2.87. The molecule has 1 aromatic rings. The molecule has 1 atom stereocenters. The Bertz CT molecular complexity index is 328. The minimum absolute atomic E-state index is 0.211. The van der Waals surface area contributed by atoms with Gasteiger partial charge in [0.15, 0.2) is 0 Å². The van der Waals surface area contributed by atoms with Crippen molar-refractivity contribution in [2.75, 3.05) is 33.5 Å². The van der Waals surface area contributed by atoms with Crippen LogP contribution >= 0.6 is 0 Å². The van der Waals surface area contributed by atoms with Crippen molar-refractivity contribution < 1.29 is 9.47 Å². The molecular formula is C14H27N3O2. The Morgan fingerprint density at radius 1 is 1.32 bits per heavy atom. The van der Waals surface area contributed by atoms with Crippen LogP contribution in [0.4, 0.5) is 0 Å². The van der Waals surface area contributed by atoms with Crippen molar-refractivity contribution in [1.82, 2.24) is 15.1 Å². The maximum Gasteiger partial charge on any atom is 0.0701 e. The lowest BCUT2D eigenvalue weighted by molar-refractivity contribution is 0.0586. The number of hydrogen-bond acceptors (Lipinski definition) is 4. The van der Waals surface area contributed by atoms with Crippen molar-refractivity contribution in [3.8, 4) is 0 Å². The second kappa shape index (κ2) is 9.95. The van der Waals surface area contributed by atoms with Crippen molar-refractivity contribution >= 4 is 0 Å². The first-order valence-electron chi connectivity index (χ1n) is 7.14. The minimum Gasteiger partial charge on any atom is -0.382 e. The molecule has 0 aliphatic heterocycles. The van der Waals surface area contributed by atoms with Crippen molar-refractivity contribution in [2.45, 2.75) is 39.3 Å². The van der Waals surface area contributed by atoms with E-state index in [9.17, 15) is 0 Å². The van der Waals surface area contributed by atoms with Gasteiger partial charge in [-0.2, -0.15) is 5.10 Å². The highest BCUT2D eigenvalue weighted by atomic mass is 16.5. The highest BCUT2D eigenvalue weighted by Crippen LogP contribution is 2.13. The summed E-state index contributed by atoms with van der Waals surface area (Å²) < 4.78 is 12.6. The van der Waals surface area contributed by atoms with Crippen LogP contribution in [-0.4, -0.2) is 43.3 Å². The highest BCUT2D eigenvalue weighted by Gasteiger charge is 2.13. The van der Waals surface area contributed by atoms with Gasteiger partial charge in [0.2, 0.25) is 0 Å². The van der Waals surface area contributed by atoms with Gasteiger partial charge in [0.05, 0.1) is 32.1 Å². The normalized spacial score (nSPS) is 12.8. The van der Waals surface area contributed by atoms with Crippen molar-refractivity contribution in [2.24, 2.45) is 0 Å². The summed E-state index contributed by atoms with van der Waals surface area (Å²) in [6, 6.07) is 0.211. The van der Waals surface area contributed by atoms with Gasteiger partial charge >= 0.3 is 0 Å². The summed E-state index contributed by atoms with van der Waals surface area (Å²) in [7, 11) is 1.69. The first-order valence-corrected chi connectivity index (χ1v) is 7.14. The number of methoxy groups -OCH3 is 1. The lowest BCUT2D eigenvalue weighted by Crippen LogP contribution is -2.26. The SMILES string of the molecule is CCCNC(COCCOC)c1cnn(CCC)c1. The molecule has 1 aromatic heterocycles. The molecule has 0 saturated carbocycles. The zero-order chi connectivity index (χ0) is 13.9. The number of rotatable bonds is 11. The topological polar surface area (TPSA) is 48.3 Å². The van der Waals surface area contributed by atoms with E-state index in [2.05, 4.69) is 30.5 Å². The van der Waals surface area contributed by atoms with E-state index in [-0.39, 0.29) is 6.04 Å². The van der Waals surface area contributed by atoms with Gasteiger partial charge in [-0.05, 0) is 19.4 Å². The molecule has 0 aromatic carbocycles. The fraction of sp³-hybridized carbons (Fsp3) is 0.786. The summed E-state index contributed by atoms with van der Waals surface area (Å²) in [5.41, 5.74) is 1.19. The van der Waals surface area contributed by atoms with Crippen LogP contribution < -0.4 is 5.32 Å². The Morgan fingerprint density at radius 3 is 2.84 bits per heavy atom. The standard InChI is InChI=1S/C14H27N3O2/c1-4-6-15-14(12-19-9-8-18-3)13-10-16-17(11-13)7-5-2/h10-11,14-15H,4-9,12H2,1-3H3. The summed E-state index contributed by atoms with van der Waals surface area (Å²) in [6.45, 7) is 8.18. The lowest BCUT2D eigenvalue weighted by Gasteiger charge is -2.17. The average Bonchev–Trinajstić information content (AvgIpc) is 2.87. The van der Waals surface area contributed by atoms with Crippen LogP contribution in [0, 0.1) is 0 Å². The maximum atomic E-state index is 5.63. The van der Waals surface area contributed by atoms with Crippen LogP contribution in [0.15, 0.2) is 12.4 Å². The predicted octanol–water partition coefficient (Wildman–Crippen LogP) is 2.00. The lowest BCUT2D eigenvalue weighted by atomic mass is 10.1. The highest BCUT2D eigenvalue weighted by molar-refractivity contribution is 5.10.